The fraction of sp³-hybridized carbons (Fsp3) is 0.185. The Morgan fingerprint density at radius 3 is 2.39 bits per heavy atom. The molecular formula is C27H25NO5. The van der Waals surface area contributed by atoms with Crippen LogP contribution in [0.4, 0.5) is 5.69 Å². The highest BCUT2D eigenvalue weighted by molar-refractivity contribution is 6.51. The minimum atomic E-state index is -0.793. The van der Waals surface area contributed by atoms with Gasteiger partial charge in [-0.25, -0.2) is 0 Å². The van der Waals surface area contributed by atoms with Crippen LogP contribution in [0.15, 0.2) is 84.4 Å². The summed E-state index contributed by atoms with van der Waals surface area (Å²) < 4.78 is 11.0. The van der Waals surface area contributed by atoms with Crippen molar-refractivity contribution in [2.75, 3.05) is 18.6 Å². The van der Waals surface area contributed by atoms with Crippen LogP contribution < -0.4 is 14.4 Å². The lowest BCUT2D eigenvalue weighted by atomic mass is 9.95. The first kappa shape index (κ1) is 22.1. The van der Waals surface area contributed by atoms with Gasteiger partial charge in [0.25, 0.3) is 11.7 Å². The number of hydrogen-bond donors (Lipinski definition) is 1. The number of nitrogens with zero attached hydrogens (tertiary/aromatic N) is 1. The molecule has 6 nitrogen and oxygen atoms in total. The first-order valence-electron chi connectivity index (χ1n) is 10.8. The number of aliphatic hydroxyl groups excluding tert-OH is 1. The molecule has 33 heavy (non-hydrogen) atoms. The van der Waals surface area contributed by atoms with Gasteiger partial charge in [0.05, 0.1) is 25.3 Å². The summed E-state index contributed by atoms with van der Waals surface area (Å²) in [5.74, 6) is -0.559. The second-order valence-corrected chi connectivity index (χ2v) is 7.66. The summed E-state index contributed by atoms with van der Waals surface area (Å²) in [4.78, 5) is 27.8. The Bertz CT molecular complexity index is 1200. The van der Waals surface area contributed by atoms with E-state index in [2.05, 4.69) is 0 Å². The molecule has 0 aliphatic carbocycles. The minimum absolute atomic E-state index is 0.0293. The van der Waals surface area contributed by atoms with E-state index in [0.29, 0.717) is 34.9 Å². The number of hydrogen-bond acceptors (Lipinski definition) is 5. The molecule has 0 spiro atoms. The van der Waals surface area contributed by atoms with Crippen LogP contribution in [0.3, 0.4) is 0 Å². The van der Waals surface area contributed by atoms with Gasteiger partial charge in [-0.05, 0) is 36.2 Å². The highest BCUT2D eigenvalue weighted by Gasteiger charge is 2.47. The Balaban J connectivity index is 1.88. The molecule has 1 aliphatic heterocycles. The molecule has 1 aliphatic rings. The van der Waals surface area contributed by atoms with E-state index >= 15 is 0 Å². The smallest absolute Gasteiger partial charge is 0.300 e. The molecule has 168 valence electrons. The highest BCUT2D eigenvalue weighted by Crippen LogP contribution is 2.42. The van der Waals surface area contributed by atoms with Gasteiger partial charge in [0.2, 0.25) is 0 Å². The van der Waals surface area contributed by atoms with Crippen LogP contribution in [-0.2, 0) is 9.59 Å². The summed E-state index contributed by atoms with van der Waals surface area (Å²) in [5.41, 5.74) is 1.65. The van der Waals surface area contributed by atoms with Crippen LogP contribution in [0, 0.1) is 0 Å². The summed E-state index contributed by atoms with van der Waals surface area (Å²) in [6.07, 6.45) is 0.843. The number of rotatable bonds is 7. The lowest BCUT2D eigenvalue weighted by Crippen LogP contribution is -2.29. The topological polar surface area (TPSA) is 76.1 Å². The second kappa shape index (κ2) is 9.61. The van der Waals surface area contributed by atoms with Crippen molar-refractivity contribution in [1.82, 2.24) is 0 Å². The first-order chi connectivity index (χ1) is 16.0. The predicted molar refractivity (Wildman–Crippen MR) is 126 cm³/mol. The third kappa shape index (κ3) is 4.32. The fourth-order valence-corrected chi connectivity index (χ4v) is 3.92. The second-order valence-electron chi connectivity index (χ2n) is 7.66. The lowest BCUT2D eigenvalue weighted by Gasteiger charge is -2.25. The molecule has 4 rings (SSSR count). The van der Waals surface area contributed by atoms with Gasteiger partial charge in [-0.3, -0.25) is 14.5 Å². The summed E-state index contributed by atoms with van der Waals surface area (Å²) in [7, 11) is 1.54. The number of anilines is 1. The number of Topliss-reactive ketones (excluding diaryl/α,β-unsaturated/α-hetero) is 1. The van der Waals surface area contributed by atoms with Gasteiger partial charge in [-0.2, -0.15) is 0 Å². The Hall–Kier alpha value is -4.06. The van der Waals surface area contributed by atoms with E-state index in [1.807, 2.05) is 37.3 Å². The zero-order chi connectivity index (χ0) is 23.4. The molecule has 0 saturated carbocycles. The number of ether oxygens (including phenoxy) is 2. The van der Waals surface area contributed by atoms with Crippen molar-refractivity contribution in [1.29, 1.82) is 0 Å². The van der Waals surface area contributed by atoms with Crippen LogP contribution in [0.5, 0.6) is 11.5 Å². The van der Waals surface area contributed by atoms with Gasteiger partial charge < -0.3 is 14.6 Å². The normalized spacial score (nSPS) is 17.3. The molecule has 0 aromatic heterocycles. The number of amides is 1. The van der Waals surface area contributed by atoms with E-state index in [4.69, 9.17) is 9.47 Å². The Morgan fingerprint density at radius 2 is 1.67 bits per heavy atom. The number of ketones is 1. The van der Waals surface area contributed by atoms with Gasteiger partial charge in [0.1, 0.15) is 17.3 Å². The van der Waals surface area contributed by atoms with E-state index in [0.717, 1.165) is 6.42 Å². The Morgan fingerprint density at radius 1 is 0.939 bits per heavy atom. The molecule has 1 heterocycles. The molecule has 1 atom stereocenters. The maximum absolute atomic E-state index is 13.2. The van der Waals surface area contributed by atoms with Crippen LogP contribution >= 0.6 is 0 Å². The third-order valence-corrected chi connectivity index (χ3v) is 5.47. The van der Waals surface area contributed by atoms with Crippen LogP contribution in [-0.4, -0.2) is 30.5 Å². The van der Waals surface area contributed by atoms with Gasteiger partial charge in [0.15, 0.2) is 0 Å². The van der Waals surface area contributed by atoms with Crippen molar-refractivity contribution in [3.05, 3.63) is 95.6 Å². The maximum Gasteiger partial charge on any atom is 0.300 e. The van der Waals surface area contributed by atoms with Gasteiger partial charge >= 0.3 is 0 Å². The number of carbonyl (C=O) groups excluding carboxylic acids is 2. The van der Waals surface area contributed by atoms with Crippen molar-refractivity contribution >= 4 is 23.1 Å². The van der Waals surface area contributed by atoms with Crippen LogP contribution in [0.1, 0.15) is 30.5 Å². The largest absolute Gasteiger partial charge is 0.507 e. The Kier molecular flexibility index (Phi) is 6.45. The maximum atomic E-state index is 13.2. The minimum Gasteiger partial charge on any atom is -0.507 e. The summed E-state index contributed by atoms with van der Waals surface area (Å²) >= 11 is 0. The predicted octanol–water partition coefficient (Wildman–Crippen LogP) is 5.11. The fourth-order valence-electron chi connectivity index (χ4n) is 3.92. The molecule has 1 amide bonds. The molecule has 0 radical (unpaired) electrons. The van der Waals surface area contributed by atoms with Crippen LogP contribution in [0.2, 0.25) is 0 Å². The molecular weight excluding hydrogens is 418 g/mol. The summed E-state index contributed by atoms with van der Waals surface area (Å²) in [6.45, 7) is 2.54. The Labute approximate surface area is 192 Å². The number of carbonyl (C=O) groups is 2. The molecule has 3 aromatic carbocycles. The quantitative estimate of drug-likeness (QED) is 0.312. The van der Waals surface area contributed by atoms with Gasteiger partial charge in [-0.1, -0.05) is 55.5 Å². The lowest BCUT2D eigenvalue weighted by molar-refractivity contribution is -0.132. The van der Waals surface area contributed by atoms with E-state index in [1.165, 1.54) is 12.0 Å². The van der Waals surface area contributed by atoms with Gasteiger partial charge in [-0.15, -0.1) is 0 Å². The van der Waals surface area contributed by atoms with Crippen molar-refractivity contribution in [2.24, 2.45) is 0 Å². The van der Waals surface area contributed by atoms with E-state index < -0.39 is 17.7 Å². The molecule has 1 unspecified atom stereocenters. The molecule has 6 heteroatoms. The van der Waals surface area contributed by atoms with E-state index in [-0.39, 0.29) is 11.3 Å². The third-order valence-electron chi connectivity index (χ3n) is 5.47. The monoisotopic (exact) mass is 443 g/mol. The van der Waals surface area contributed by atoms with Crippen molar-refractivity contribution in [3.8, 4) is 11.5 Å². The standard InChI is InChI=1S/C27H25NO5/c1-3-15-33-22-14-7-11-19(16-22)25(29)23-24(18-9-5-4-6-10-18)28(27(31)26(23)30)20-12-8-13-21(17-20)32-2/h4-14,16-17,24,29H,3,15H2,1-2H3/b25-23+. The van der Waals surface area contributed by atoms with Crippen molar-refractivity contribution < 1.29 is 24.2 Å². The summed E-state index contributed by atoms with van der Waals surface area (Å²) in [6, 6.07) is 22.2. The van der Waals surface area contributed by atoms with E-state index in [9.17, 15) is 14.7 Å². The molecule has 1 fully saturated rings. The number of aliphatic hydroxyl groups is 1. The van der Waals surface area contributed by atoms with Crippen molar-refractivity contribution in [2.45, 2.75) is 19.4 Å². The SMILES string of the molecule is CCCOc1cccc(/C(O)=C2\C(=O)C(=O)N(c3cccc(OC)c3)C2c2ccccc2)c1. The van der Waals surface area contributed by atoms with Gasteiger partial charge in [0, 0.05) is 17.3 Å². The molecule has 0 bridgehead atoms. The number of benzene rings is 3. The van der Waals surface area contributed by atoms with Crippen LogP contribution in [0.25, 0.3) is 5.76 Å². The average molecular weight is 443 g/mol. The van der Waals surface area contributed by atoms with E-state index in [1.54, 1.807) is 48.5 Å². The number of methoxy groups -OCH3 is 1. The first-order valence-corrected chi connectivity index (χ1v) is 10.8. The molecule has 1 saturated heterocycles. The zero-order valence-electron chi connectivity index (χ0n) is 18.5. The molecule has 1 N–H and O–H groups in total. The average Bonchev–Trinajstić information content (AvgIpc) is 3.13. The summed E-state index contributed by atoms with van der Waals surface area (Å²) in [5, 5.41) is 11.3. The van der Waals surface area contributed by atoms with Crippen molar-refractivity contribution in [3.63, 3.8) is 0 Å². The molecule has 3 aromatic rings. The highest BCUT2D eigenvalue weighted by atomic mass is 16.5. The zero-order valence-corrected chi connectivity index (χ0v) is 18.5.